The van der Waals surface area contributed by atoms with Crippen molar-refractivity contribution < 1.29 is 19.4 Å². The van der Waals surface area contributed by atoms with Crippen molar-refractivity contribution >= 4 is 40.0 Å². The van der Waals surface area contributed by atoms with Gasteiger partial charge in [-0.3, -0.25) is 9.59 Å². The molecule has 8 nitrogen and oxygen atoms in total. The molecular formula is C17H19N3O5S2. The zero-order valence-corrected chi connectivity index (χ0v) is 16.5. The Morgan fingerprint density at radius 3 is 3.00 bits per heavy atom. The van der Waals surface area contributed by atoms with Gasteiger partial charge in [-0.05, 0) is 30.7 Å². The average Bonchev–Trinajstić information content (AvgIpc) is 2.95. The minimum absolute atomic E-state index is 0.0357. The van der Waals surface area contributed by atoms with E-state index in [9.17, 15) is 19.5 Å². The Kier molecular flexibility index (Phi) is 5.85. The smallest absolute Gasteiger partial charge is 0.341 e. The molecule has 1 atom stereocenters. The molecule has 2 aromatic rings. The molecule has 0 saturated carbocycles. The summed E-state index contributed by atoms with van der Waals surface area (Å²) in [7, 11) is 1.32. The number of thiophene rings is 1. The first-order chi connectivity index (χ1) is 12.9. The van der Waals surface area contributed by atoms with Gasteiger partial charge in [0.15, 0.2) is 5.16 Å². The highest BCUT2D eigenvalue weighted by molar-refractivity contribution is 7.99. The first-order valence-electron chi connectivity index (χ1n) is 8.33. The maximum atomic E-state index is 12.3. The Balaban J connectivity index is 1.75. The molecule has 2 aromatic heterocycles. The molecular weight excluding hydrogens is 390 g/mol. The summed E-state index contributed by atoms with van der Waals surface area (Å²) >= 11 is 2.39. The molecule has 1 aliphatic carbocycles. The fourth-order valence-corrected chi connectivity index (χ4v) is 5.03. The monoisotopic (exact) mass is 409 g/mol. The summed E-state index contributed by atoms with van der Waals surface area (Å²) in [6.45, 7) is 2.17. The minimum Gasteiger partial charge on any atom is -0.493 e. The summed E-state index contributed by atoms with van der Waals surface area (Å²) < 4.78 is 4.90. The number of rotatable bonds is 5. The summed E-state index contributed by atoms with van der Waals surface area (Å²) in [5, 5.41) is 12.7. The average molecular weight is 409 g/mol. The Labute approximate surface area is 163 Å². The predicted octanol–water partition coefficient (Wildman–Crippen LogP) is 2.18. The highest BCUT2D eigenvalue weighted by atomic mass is 32.2. The van der Waals surface area contributed by atoms with Crippen molar-refractivity contribution in [3.8, 4) is 5.88 Å². The van der Waals surface area contributed by atoms with E-state index >= 15 is 0 Å². The summed E-state index contributed by atoms with van der Waals surface area (Å²) in [5.74, 6) is -0.706. The summed E-state index contributed by atoms with van der Waals surface area (Å²) in [6.07, 6.45) is 2.66. The van der Waals surface area contributed by atoms with E-state index in [1.165, 1.54) is 18.4 Å². The molecule has 1 unspecified atom stereocenters. The Morgan fingerprint density at radius 2 is 2.30 bits per heavy atom. The highest BCUT2D eigenvalue weighted by Gasteiger charge is 2.28. The number of methoxy groups -OCH3 is 1. The lowest BCUT2D eigenvalue weighted by atomic mass is 9.88. The van der Waals surface area contributed by atoms with E-state index in [2.05, 4.69) is 22.2 Å². The molecule has 10 heteroatoms. The van der Waals surface area contributed by atoms with E-state index in [0.717, 1.165) is 47.5 Å². The second-order valence-corrected chi connectivity index (χ2v) is 8.36. The van der Waals surface area contributed by atoms with E-state index in [-0.39, 0.29) is 16.8 Å². The zero-order valence-electron chi connectivity index (χ0n) is 14.8. The van der Waals surface area contributed by atoms with E-state index in [1.54, 1.807) is 0 Å². The fourth-order valence-electron chi connectivity index (χ4n) is 2.94. The van der Waals surface area contributed by atoms with Crippen molar-refractivity contribution in [2.75, 3.05) is 18.2 Å². The van der Waals surface area contributed by atoms with Crippen LogP contribution in [0.15, 0.2) is 16.0 Å². The number of carbonyl (C=O) groups is 2. The second kappa shape index (κ2) is 8.13. The van der Waals surface area contributed by atoms with Crippen LogP contribution in [0.25, 0.3) is 0 Å². The Hall–Kier alpha value is -2.33. The van der Waals surface area contributed by atoms with Crippen molar-refractivity contribution in [1.29, 1.82) is 0 Å². The quantitative estimate of drug-likeness (QED) is 0.393. The first kappa shape index (κ1) is 19.4. The molecule has 1 aliphatic rings. The number of amides is 1. The number of H-pyrrole nitrogens is 1. The minimum atomic E-state index is -0.501. The molecule has 0 spiro atoms. The third kappa shape index (κ3) is 4.51. The van der Waals surface area contributed by atoms with Crippen molar-refractivity contribution in [3.05, 3.63) is 32.4 Å². The number of esters is 1. The molecule has 0 fully saturated rings. The molecule has 144 valence electrons. The number of aromatic nitrogens is 2. The number of fused-ring (bicyclic) bond motifs is 1. The summed E-state index contributed by atoms with van der Waals surface area (Å²) in [6, 6.07) is 0.948. The largest absolute Gasteiger partial charge is 0.493 e. The van der Waals surface area contributed by atoms with E-state index in [4.69, 9.17) is 4.74 Å². The van der Waals surface area contributed by atoms with Crippen LogP contribution in [0.2, 0.25) is 0 Å². The van der Waals surface area contributed by atoms with Crippen LogP contribution >= 0.6 is 23.1 Å². The predicted molar refractivity (Wildman–Crippen MR) is 103 cm³/mol. The lowest BCUT2D eigenvalue weighted by molar-refractivity contribution is -0.113. The number of nitrogens with zero attached hydrogens (tertiary/aromatic N) is 1. The van der Waals surface area contributed by atoms with Gasteiger partial charge in [-0.1, -0.05) is 18.7 Å². The molecule has 3 rings (SSSR count). The molecule has 0 aliphatic heterocycles. The van der Waals surface area contributed by atoms with E-state index in [0.29, 0.717) is 16.5 Å². The zero-order chi connectivity index (χ0) is 19.6. The molecule has 2 heterocycles. The summed E-state index contributed by atoms with van der Waals surface area (Å²) in [4.78, 5) is 43.2. The van der Waals surface area contributed by atoms with Crippen LogP contribution in [0.4, 0.5) is 5.00 Å². The van der Waals surface area contributed by atoms with Gasteiger partial charge in [0, 0.05) is 4.88 Å². The van der Waals surface area contributed by atoms with E-state index in [1.807, 2.05) is 0 Å². The van der Waals surface area contributed by atoms with E-state index < -0.39 is 17.4 Å². The molecule has 27 heavy (non-hydrogen) atoms. The van der Waals surface area contributed by atoms with Gasteiger partial charge in [-0.25, -0.2) is 4.79 Å². The Morgan fingerprint density at radius 1 is 1.52 bits per heavy atom. The lowest BCUT2D eigenvalue weighted by Crippen LogP contribution is -2.17. The van der Waals surface area contributed by atoms with Crippen molar-refractivity contribution in [3.63, 3.8) is 0 Å². The lowest BCUT2D eigenvalue weighted by Gasteiger charge is -2.18. The number of hydrogen-bond donors (Lipinski definition) is 3. The van der Waals surface area contributed by atoms with Gasteiger partial charge in [-0.2, -0.15) is 4.98 Å². The van der Waals surface area contributed by atoms with Crippen LogP contribution in [0.3, 0.4) is 0 Å². The van der Waals surface area contributed by atoms with Crippen LogP contribution in [-0.4, -0.2) is 39.8 Å². The van der Waals surface area contributed by atoms with Crippen LogP contribution in [0, 0.1) is 5.92 Å². The van der Waals surface area contributed by atoms with Crippen LogP contribution in [0.1, 0.15) is 34.1 Å². The highest BCUT2D eigenvalue weighted by Crippen LogP contribution is 2.40. The fraction of sp³-hybridized carbons (Fsp3) is 0.412. The van der Waals surface area contributed by atoms with Gasteiger partial charge in [0.05, 0.1) is 24.5 Å². The van der Waals surface area contributed by atoms with Crippen LogP contribution in [0.5, 0.6) is 5.88 Å². The Bertz CT molecular complexity index is 937. The second-order valence-electron chi connectivity index (χ2n) is 6.29. The number of aromatic amines is 1. The number of hydrogen-bond acceptors (Lipinski definition) is 8. The number of ether oxygens (including phenoxy) is 1. The number of carbonyl (C=O) groups excluding carboxylic acids is 2. The van der Waals surface area contributed by atoms with Gasteiger partial charge in [0.1, 0.15) is 5.00 Å². The van der Waals surface area contributed by atoms with Crippen molar-refractivity contribution in [2.45, 2.75) is 31.3 Å². The third-order valence-electron chi connectivity index (χ3n) is 4.20. The maximum Gasteiger partial charge on any atom is 0.341 e. The van der Waals surface area contributed by atoms with Gasteiger partial charge >= 0.3 is 5.97 Å². The molecule has 3 N–H and O–H groups in total. The maximum absolute atomic E-state index is 12.3. The third-order valence-corrected chi connectivity index (χ3v) is 6.24. The standard InChI is InChI=1S/C17H19N3O5S2/c1-8-3-4-9-10(5-8)27-15(14(9)16(24)25-2)18-13(23)7-26-17-19-11(21)6-12(22)20-17/h6,8H,3-5,7H2,1-2H3,(H,18,23)(H2,19,20,21,22). The topological polar surface area (TPSA) is 121 Å². The van der Waals surface area contributed by atoms with Gasteiger partial charge in [0.25, 0.3) is 5.56 Å². The van der Waals surface area contributed by atoms with Crippen LogP contribution in [-0.2, 0) is 22.4 Å². The number of aromatic hydroxyl groups is 1. The van der Waals surface area contributed by atoms with Gasteiger partial charge < -0.3 is 20.1 Å². The van der Waals surface area contributed by atoms with Gasteiger partial charge in [0.2, 0.25) is 11.8 Å². The first-order valence-corrected chi connectivity index (χ1v) is 10.1. The van der Waals surface area contributed by atoms with Crippen molar-refractivity contribution in [1.82, 2.24) is 9.97 Å². The molecule has 1 amide bonds. The normalized spacial score (nSPS) is 15.9. The van der Waals surface area contributed by atoms with Crippen LogP contribution < -0.4 is 10.9 Å². The number of thioether (sulfide) groups is 1. The van der Waals surface area contributed by atoms with Gasteiger partial charge in [-0.15, -0.1) is 11.3 Å². The molecule has 0 saturated heterocycles. The number of nitrogens with one attached hydrogen (secondary N) is 2. The summed E-state index contributed by atoms with van der Waals surface area (Å²) in [5.41, 5.74) is 0.900. The SMILES string of the molecule is COC(=O)c1c(NC(=O)CSc2nc(O)cc(=O)[nH]2)sc2c1CCC(C)C2. The molecule has 0 bridgehead atoms. The number of anilines is 1. The van der Waals surface area contributed by atoms with Crippen molar-refractivity contribution in [2.24, 2.45) is 5.92 Å². The molecule has 0 radical (unpaired) electrons. The molecule has 0 aromatic carbocycles.